The number of benzene rings is 1. The van der Waals surface area contributed by atoms with Crippen molar-refractivity contribution in [2.24, 2.45) is 0 Å². The average Bonchev–Trinajstić information content (AvgIpc) is 3.21. The molecule has 3 aromatic rings. The fourth-order valence-corrected chi connectivity index (χ4v) is 2.81. The molecule has 0 unspecified atom stereocenters. The van der Waals surface area contributed by atoms with Crippen LogP contribution >= 0.6 is 0 Å². The molecule has 0 aliphatic carbocycles. The van der Waals surface area contributed by atoms with Crippen molar-refractivity contribution < 1.29 is 14.5 Å². The number of nitro groups is 1. The second-order valence-corrected chi connectivity index (χ2v) is 5.77. The first-order valence-electron chi connectivity index (χ1n) is 8.14. The van der Waals surface area contributed by atoms with Gasteiger partial charge < -0.3 is 15.0 Å². The van der Waals surface area contributed by atoms with Crippen molar-refractivity contribution in [2.45, 2.75) is 20.8 Å². The molecule has 2 aromatic heterocycles. The third kappa shape index (κ3) is 3.12. The maximum Gasteiger partial charge on any atom is 0.358 e. The van der Waals surface area contributed by atoms with Crippen LogP contribution in [0.1, 0.15) is 28.9 Å². The molecule has 0 bridgehead atoms. The first kappa shape index (κ1) is 18.1. The van der Waals surface area contributed by atoms with Gasteiger partial charge in [0.05, 0.1) is 28.6 Å². The second kappa shape index (κ2) is 6.90. The molecule has 140 valence electrons. The molecule has 0 saturated carbocycles. The topological polar surface area (TPSA) is 131 Å². The number of nitrogens with zero attached hydrogens (tertiary/aromatic N) is 5. The van der Waals surface area contributed by atoms with Gasteiger partial charge in [0.1, 0.15) is 17.8 Å². The smallest absolute Gasteiger partial charge is 0.358 e. The Morgan fingerprint density at radius 3 is 2.59 bits per heavy atom. The van der Waals surface area contributed by atoms with Crippen LogP contribution < -0.4 is 5.73 Å². The predicted octanol–water partition coefficient (Wildman–Crippen LogP) is 2.34. The summed E-state index contributed by atoms with van der Waals surface area (Å²) in [6.07, 6.45) is 4.61. The van der Waals surface area contributed by atoms with E-state index in [9.17, 15) is 14.9 Å². The number of rotatable bonds is 5. The Labute approximate surface area is 154 Å². The highest BCUT2D eigenvalue weighted by atomic mass is 16.6. The molecule has 10 nitrogen and oxygen atoms in total. The van der Waals surface area contributed by atoms with Gasteiger partial charge in [-0.15, -0.1) is 0 Å². The van der Waals surface area contributed by atoms with Gasteiger partial charge in [0.25, 0.3) is 5.69 Å². The summed E-state index contributed by atoms with van der Waals surface area (Å²) in [5, 5.41) is 11.5. The highest BCUT2D eigenvalue weighted by Gasteiger charge is 2.23. The number of aryl methyl sites for hydroxylation is 1. The Bertz CT molecular complexity index is 1040. The summed E-state index contributed by atoms with van der Waals surface area (Å²) < 4.78 is 8.18. The molecular formula is C17H18N6O4. The van der Waals surface area contributed by atoms with Crippen molar-refractivity contribution in [3.05, 3.63) is 58.2 Å². The number of nitrogens with two attached hydrogens (primary N) is 1. The molecule has 0 fully saturated rings. The first-order chi connectivity index (χ1) is 12.8. The van der Waals surface area contributed by atoms with Gasteiger partial charge in [-0.25, -0.2) is 14.8 Å². The van der Waals surface area contributed by atoms with Crippen molar-refractivity contribution in [1.29, 1.82) is 0 Å². The summed E-state index contributed by atoms with van der Waals surface area (Å²) >= 11 is 0. The molecule has 10 heteroatoms. The number of anilines is 1. The van der Waals surface area contributed by atoms with E-state index in [1.165, 1.54) is 12.4 Å². The number of hydrogen-bond donors (Lipinski definition) is 1. The Morgan fingerprint density at radius 1 is 1.26 bits per heavy atom. The zero-order chi connectivity index (χ0) is 19.7. The van der Waals surface area contributed by atoms with E-state index < -0.39 is 10.9 Å². The van der Waals surface area contributed by atoms with Crippen LogP contribution in [0.3, 0.4) is 0 Å². The lowest BCUT2D eigenvalue weighted by molar-refractivity contribution is -0.384. The van der Waals surface area contributed by atoms with Crippen molar-refractivity contribution >= 4 is 17.3 Å². The number of nitro benzene ring substituents is 1. The molecule has 0 radical (unpaired) electrons. The van der Waals surface area contributed by atoms with E-state index in [0.717, 1.165) is 0 Å². The number of carbonyl (C=O) groups excluding carboxylic acids is 1. The average molecular weight is 370 g/mol. The Morgan fingerprint density at radius 2 is 2.00 bits per heavy atom. The minimum Gasteiger partial charge on any atom is -0.461 e. The van der Waals surface area contributed by atoms with Crippen molar-refractivity contribution in [3.8, 4) is 11.4 Å². The molecule has 27 heavy (non-hydrogen) atoms. The largest absolute Gasteiger partial charge is 0.461 e. The molecule has 0 saturated heterocycles. The number of nitrogen functional groups attached to an aromatic ring is 1. The van der Waals surface area contributed by atoms with Crippen LogP contribution in [0.15, 0.2) is 30.9 Å². The zero-order valence-electron chi connectivity index (χ0n) is 15.0. The van der Waals surface area contributed by atoms with Gasteiger partial charge in [-0.05, 0) is 26.8 Å². The molecule has 0 aliphatic rings. The van der Waals surface area contributed by atoms with Crippen molar-refractivity contribution in [2.75, 3.05) is 12.3 Å². The number of aromatic nitrogens is 4. The van der Waals surface area contributed by atoms with E-state index in [1.54, 1.807) is 48.4 Å². The highest BCUT2D eigenvalue weighted by molar-refractivity contribution is 5.88. The molecular weight excluding hydrogens is 352 g/mol. The van der Waals surface area contributed by atoms with E-state index in [1.807, 2.05) is 0 Å². The highest BCUT2D eigenvalue weighted by Crippen LogP contribution is 2.32. The standard InChI is InChI=1S/C17H18N6O4/c1-4-27-17(24)16-10(2)22(9-20-16)13-8-14(21-6-5-19-11(21)3)15(23(25)26)7-12(13)18/h5-9H,4,18H2,1-3H3. The molecule has 0 aliphatic heterocycles. The Hall–Kier alpha value is -3.69. The van der Waals surface area contributed by atoms with E-state index in [0.29, 0.717) is 22.9 Å². The quantitative estimate of drug-likeness (QED) is 0.315. The summed E-state index contributed by atoms with van der Waals surface area (Å²) in [4.78, 5) is 31.2. The first-order valence-corrected chi connectivity index (χ1v) is 8.14. The molecule has 3 rings (SSSR count). The van der Waals surface area contributed by atoms with Crippen molar-refractivity contribution in [3.63, 3.8) is 0 Å². The Kier molecular flexibility index (Phi) is 4.63. The Balaban J connectivity index is 2.19. The monoisotopic (exact) mass is 370 g/mol. The van der Waals surface area contributed by atoms with E-state index in [-0.39, 0.29) is 23.7 Å². The lowest BCUT2D eigenvalue weighted by atomic mass is 10.2. The number of imidazole rings is 2. The van der Waals surface area contributed by atoms with Gasteiger partial charge in [-0.2, -0.15) is 0 Å². The maximum atomic E-state index is 12.0. The molecule has 1 aromatic carbocycles. The van der Waals surface area contributed by atoms with Crippen LogP contribution in [0.25, 0.3) is 11.4 Å². The molecule has 0 atom stereocenters. The van der Waals surface area contributed by atoms with Gasteiger partial charge in [0, 0.05) is 18.5 Å². The molecule has 2 N–H and O–H groups in total. The summed E-state index contributed by atoms with van der Waals surface area (Å²) in [6, 6.07) is 2.86. The van der Waals surface area contributed by atoms with Gasteiger partial charge in [0.2, 0.25) is 0 Å². The third-order valence-electron chi connectivity index (χ3n) is 4.14. The molecule has 0 spiro atoms. The lowest BCUT2D eigenvalue weighted by Crippen LogP contribution is -2.09. The number of carbonyl (C=O) groups is 1. The lowest BCUT2D eigenvalue weighted by Gasteiger charge is -2.13. The predicted molar refractivity (Wildman–Crippen MR) is 97.2 cm³/mol. The third-order valence-corrected chi connectivity index (χ3v) is 4.14. The van der Waals surface area contributed by atoms with Crippen LogP contribution in [0.5, 0.6) is 0 Å². The van der Waals surface area contributed by atoms with Crippen LogP contribution in [0.2, 0.25) is 0 Å². The van der Waals surface area contributed by atoms with Crippen molar-refractivity contribution in [1.82, 2.24) is 19.1 Å². The SMILES string of the molecule is CCOC(=O)c1ncn(-c2cc(-n3ccnc3C)c([N+](=O)[O-])cc2N)c1C. The summed E-state index contributed by atoms with van der Waals surface area (Å²) in [7, 11) is 0. The van der Waals surface area contributed by atoms with Crippen LogP contribution in [-0.4, -0.2) is 36.6 Å². The fourth-order valence-electron chi connectivity index (χ4n) is 2.81. The van der Waals surface area contributed by atoms with Crippen LogP contribution in [0, 0.1) is 24.0 Å². The van der Waals surface area contributed by atoms with Crippen LogP contribution in [0.4, 0.5) is 11.4 Å². The van der Waals surface area contributed by atoms with Gasteiger partial charge in [-0.1, -0.05) is 0 Å². The van der Waals surface area contributed by atoms with Crippen LogP contribution in [-0.2, 0) is 4.74 Å². The maximum absolute atomic E-state index is 12.0. The molecule has 0 amide bonds. The summed E-state index contributed by atoms with van der Waals surface area (Å²) in [5.41, 5.74) is 7.55. The van der Waals surface area contributed by atoms with E-state index >= 15 is 0 Å². The summed E-state index contributed by atoms with van der Waals surface area (Å²) in [5.74, 6) is 0.0447. The normalized spacial score (nSPS) is 10.8. The number of ether oxygens (including phenoxy) is 1. The minimum absolute atomic E-state index is 0.152. The summed E-state index contributed by atoms with van der Waals surface area (Å²) in [6.45, 7) is 5.37. The second-order valence-electron chi connectivity index (χ2n) is 5.77. The van der Waals surface area contributed by atoms with E-state index in [2.05, 4.69) is 9.97 Å². The van der Waals surface area contributed by atoms with Gasteiger partial charge in [-0.3, -0.25) is 14.7 Å². The van der Waals surface area contributed by atoms with Gasteiger partial charge in [0.15, 0.2) is 5.69 Å². The fraction of sp³-hybridized carbons (Fsp3) is 0.235. The minimum atomic E-state index is -0.542. The van der Waals surface area contributed by atoms with E-state index in [4.69, 9.17) is 10.5 Å². The van der Waals surface area contributed by atoms with Gasteiger partial charge >= 0.3 is 5.97 Å². The zero-order valence-corrected chi connectivity index (χ0v) is 15.0. The number of hydrogen-bond acceptors (Lipinski definition) is 7. The number of esters is 1. The molecule has 2 heterocycles.